The lowest BCUT2D eigenvalue weighted by Crippen LogP contribution is -2.25. The number of aromatic nitrogens is 1. The molecule has 22 heavy (non-hydrogen) atoms. The van der Waals surface area contributed by atoms with Gasteiger partial charge in [-0.05, 0) is 35.6 Å². The van der Waals surface area contributed by atoms with Crippen LogP contribution in [0.5, 0.6) is 0 Å². The number of rotatable bonds is 4. The number of nitrogens with two attached hydrogens (primary N) is 2. The van der Waals surface area contributed by atoms with Crippen molar-refractivity contribution in [3.63, 3.8) is 0 Å². The van der Waals surface area contributed by atoms with E-state index in [4.69, 9.17) is 11.5 Å². The zero-order valence-electron chi connectivity index (χ0n) is 12.7. The number of nitrogens with zero attached hydrogens (tertiary/aromatic N) is 1. The Hall–Kier alpha value is -2.34. The lowest BCUT2D eigenvalue weighted by atomic mass is 10.2. The Bertz CT molecular complexity index is 775. The van der Waals surface area contributed by atoms with Gasteiger partial charge in [0.1, 0.15) is 11.4 Å². The molecule has 0 aliphatic rings. The molecule has 0 fully saturated rings. The number of nitrogen functional groups attached to an aromatic ring is 1. The lowest BCUT2D eigenvalue weighted by Gasteiger charge is -2.11. The van der Waals surface area contributed by atoms with Crippen LogP contribution in [0.2, 0.25) is 0 Å². The number of hydrogen-bond acceptors (Lipinski definition) is 3. The summed E-state index contributed by atoms with van der Waals surface area (Å²) in [5.74, 6) is 4.28. The Morgan fingerprint density at radius 3 is 2.45 bits per heavy atom. The summed E-state index contributed by atoms with van der Waals surface area (Å²) in [6.45, 7) is 4.29. The molecule has 5 nitrogen and oxygen atoms in total. The van der Waals surface area contributed by atoms with Crippen molar-refractivity contribution in [1.29, 1.82) is 0 Å². The van der Waals surface area contributed by atoms with Crippen LogP contribution in [0.4, 0.5) is 11.4 Å². The van der Waals surface area contributed by atoms with Gasteiger partial charge in [-0.3, -0.25) is 4.79 Å². The van der Waals surface area contributed by atoms with Crippen molar-refractivity contribution in [2.45, 2.75) is 24.0 Å². The summed E-state index contributed by atoms with van der Waals surface area (Å²) in [5.41, 5.74) is 12.5. The molecular formula is C16H20N4OS. The second-order valence-corrected chi connectivity index (χ2v) is 7.38. The number of H-pyrrole nitrogens is 1. The minimum atomic E-state index is -0.350. The van der Waals surface area contributed by atoms with Crippen molar-refractivity contribution in [1.82, 2.24) is 4.98 Å². The minimum absolute atomic E-state index is 0.0541. The Balaban J connectivity index is 2.33. The second kappa shape index (κ2) is 6.62. The molecule has 0 spiro atoms. The Morgan fingerprint density at radius 1 is 1.27 bits per heavy atom. The number of pyridine rings is 1. The molecule has 0 aliphatic carbocycles. The average molecular weight is 316 g/mol. The van der Waals surface area contributed by atoms with E-state index in [0.29, 0.717) is 16.6 Å². The molecular weight excluding hydrogens is 296 g/mol. The van der Waals surface area contributed by atoms with Gasteiger partial charge < -0.3 is 16.5 Å². The Kier molecular flexibility index (Phi) is 4.82. The van der Waals surface area contributed by atoms with E-state index in [1.54, 1.807) is 6.07 Å². The largest absolute Gasteiger partial charge is 0.398 e. The van der Waals surface area contributed by atoms with Crippen molar-refractivity contribution in [3.05, 3.63) is 52.4 Å². The van der Waals surface area contributed by atoms with Crippen molar-refractivity contribution in [3.8, 4) is 0 Å². The van der Waals surface area contributed by atoms with Gasteiger partial charge in [-0.25, -0.2) is 4.99 Å². The van der Waals surface area contributed by atoms with Gasteiger partial charge in [0.25, 0.3) is 5.56 Å². The monoisotopic (exact) mass is 316 g/mol. The first-order valence-corrected chi connectivity index (χ1v) is 8.30. The molecule has 5 N–H and O–H groups in total. The van der Waals surface area contributed by atoms with Crippen LogP contribution in [-0.2, 0) is 0 Å². The maximum absolute atomic E-state index is 11.8. The summed E-state index contributed by atoms with van der Waals surface area (Å²) in [6.07, 6.45) is 1.48. The fraction of sp³-hybridized carbons (Fsp3) is 0.188. The SMILES string of the molecule is C=S(c1ccc(N=C(N)c2c(N)cc[nH]c2=O)cc1)C(C)C. The lowest BCUT2D eigenvalue weighted by molar-refractivity contribution is 1.11. The van der Waals surface area contributed by atoms with E-state index < -0.39 is 0 Å². The van der Waals surface area contributed by atoms with Crippen molar-refractivity contribution < 1.29 is 0 Å². The molecule has 1 aromatic carbocycles. The van der Waals surface area contributed by atoms with Gasteiger partial charge in [0, 0.05) is 16.8 Å². The molecule has 1 heterocycles. The quantitative estimate of drug-likeness (QED) is 0.459. The third-order valence-corrected chi connectivity index (χ3v) is 5.22. The molecule has 0 saturated heterocycles. The molecule has 0 amide bonds. The number of aromatic amines is 1. The molecule has 2 aromatic rings. The highest BCUT2D eigenvalue weighted by atomic mass is 32.2. The number of aliphatic imine (C=N–C) groups is 1. The highest BCUT2D eigenvalue weighted by Crippen LogP contribution is 2.30. The smallest absolute Gasteiger partial charge is 0.261 e. The van der Waals surface area contributed by atoms with Crippen LogP contribution in [0, 0.1) is 0 Å². The number of hydrogen-bond donors (Lipinski definition) is 3. The molecule has 0 bridgehead atoms. The number of anilines is 1. The highest BCUT2D eigenvalue weighted by Gasteiger charge is 2.09. The summed E-state index contributed by atoms with van der Waals surface area (Å²) < 4.78 is 0. The van der Waals surface area contributed by atoms with Crippen molar-refractivity contribution >= 4 is 33.6 Å². The number of benzene rings is 1. The van der Waals surface area contributed by atoms with Crippen molar-refractivity contribution in [2.75, 3.05) is 5.73 Å². The number of amidine groups is 1. The van der Waals surface area contributed by atoms with Gasteiger partial charge in [-0.15, -0.1) is 0 Å². The van der Waals surface area contributed by atoms with Crippen LogP contribution in [0.25, 0.3) is 0 Å². The molecule has 2 rings (SSSR count). The van der Waals surface area contributed by atoms with Gasteiger partial charge in [0.2, 0.25) is 0 Å². The van der Waals surface area contributed by atoms with E-state index in [1.165, 1.54) is 11.1 Å². The van der Waals surface area contributed by atoms with Crippen LogP contribution >= 0.6 is 10.5 Å². The van der Waals surface area contributed by atoms with E-state index >= 15 is 0 Å². The van der Waals surface area contributed by atoms with Gasteiger partial charge in [0.15, 0.2) is 0 Å². The highest BCUT2D eigenvalue weighted by molar-refractivity contribution is 8.14. The minimum Gasteiger partial charge on any atom is -0.398 e. The van der Waals surface area contributed by atoms with Crippen LogP contribution in [0.1, 0.15) is 19.4 Å². The van der Waals surface area contributed by atoms with E-state index in [0.717, 1.165) is 0 Å². The molecule has 0 aliphatic heterocycles. The fourth-order valence-corrected chi connectivity index (χ4v) is 2.95. The first-order valence-electron chi connectivity index (χ1n) is 6.84. The summed E-state index contributed by atoms with van der Waals surface area (Å²) in [7, 11) is -0.0541. The number of nitrogens with one attached hydrogen (secondary N) is 1. The van der Waals surface area contributed by atoms with Gasteiger partial charge >= 0.3 is 0 Å². The third kappa shape index (κ3) is 3.46. The fourth-order valence-electron chi connectivity index (χ4n) is 1.92. The Morgan fingerprint density at radius 2 is 1.91 bits per heavy atom. The average Bonchev–Trinajstić information content (AvgIpc) is 2.47. The van der Waals surface area contributed by atoms with E-state index in [9.17, 15) is 4.79 Å². The normalized spacial score (nSPS) is 13.3. The molecule has 6 heteroatoms. The van der Waals surface area contributed by atoms with Crippen LogP contribution < -0.4 is 17.0 Å². The zero-order valence-corrected chi connectivity index (χ0v) is 13.5. The van der Waals surface area contributed by atoms with E-state index in [1.807, 2.05) is 24.3 Å². The molecule has 1 atom stereocenters. The molecule has 0 saturated carbocycles. The van der Waals surface area contributed by atoms with Crippen LogP contribution in [-0.4, -0.2) is 21.9 Å². The van der Waals surface area contributed by atoms with Crippen LogP contribution in [0.15, 0.2) is 51.2 Å². The first-order chi connectivity index (χ1) is 10.4. The van der Waals surface area contributed by atoms with E-state index in [2.05, 4.69) is 29.7 Å². The van der Waals surface area contributed by atoms with Gasteiger partial charge in [0.05, 0.1) is 5.69 Å². The summed E-state index contributed by atoms with van der Waals surface area (Å²) >= 11 is 0. The molecule has 1 unspecified atom stereocenters. The first kappa shape index (κ1) is 16.0. The van der Waals surface area contributed by atoms with Crippen LogP contribution in [0.3, 0.4) is 0 Å². The third-order valence-electron chi connectivity index (χ3n) is 3.21. The topological polar surface area (TPSA) is 97.3 Å². The van der Waals surface area contributed by atoms with Crippen molar-refractivity contribution in [2.24, 2.45) is 10.7 Å². The standard InChI is InChI=1S/C16H20N4OS/c1-10(2)22(3)12-6-4-11(5-7-12)20-15(18)14-13(17)8-9-19-16(14)21/h4-10H,3H2,1-2H3,(H2,18,20)(H3,17,19,21). The second-order valence-electron chi connectivity index (χ2n) is 5.11. The summed E-state index contributed by atoms with van der Waals surface area (Å²) in [6, 6.07) is 9.28. The van der Waals surface area contributed by atoms with Gasteiger partial charge in [-0.2, -0.15) is 10.5 Å². The maximum atomic E-state index is 11.8. The molecule has 116 valence electrons. The predicted octanol–water partition coefficient (Wildman–Crippen LogP) is 2.46. The summed E-state index contributed by atoms with van der Waals surface area (Å²) in [4.78, 5) is 19.8. The zero-order chi connectivity index (χ0) is 16.3. The predicted molar refractivity (Wildman–Crippen MR) is 96.4 cm³/mol. The summed E-state index contributed by atoms with van der Waals surface area (Å²) in [5, 5.41) is 0.488. The maximum Gasteiger partial charge on any atom is 0.261 e. The van der Waals surface area contributed by atoms with Gasteiger partial charge in [-0.1, -0.05) is 19.7 Å². The van der Waals surface area contributed by atoms with E-state index in [-0.39, 0.29) is 27.4 Å². The Labute approximate surface area is 132 Å². The molecule has 1 aromatic heterocycles. The molecule has 0 radical (unpaired) electrons.